The number of carbonyl (C=O) groups is 1. The Morgan fingerprint density at radius 2 is 2.00 bits per heavy atom. The molecule has 0 aliphatic heterocycles. The fourth-order valence-electron chi connectivity index (χ4n) is 3.20. The molecule has 2 aromatic heterocycles. The number of fused-ring (bicyclic) bond motifs is 1. The summed E-state index contributed by atoms with van der Waals surface area (Å²) in [5.41, 5.74) is 4.16. The maximum absolute atomic E-state index is 13.7. The van der Waals surface area contributed by atoms with Crippen LogP contribution in [0.1, 0.15) is 17.5 Å². The summed E-state index contributed by atoms with van der Waals surface area (Å²) in [5.74, 6) is 0.319. The van der Waals surface area contributed by atoms with E-state index in [1.165, 1.54) is 17.7 Å². The monoisotopic (exact) mass is 403 g/mol. The minimum absolute atomic E-state index is 0.0501. The normalized spacial score (nSPS) is 10.9. The van der Waals surface area contributed by atoms with Gasteiger partial charge in [0.25, 0.3) is 0 Å². The number of aromatic nitrogens is 3. The van der Waals surface area contributed by atoms with Crippen molar-refractivity contribution in [1.29, 1.82) is 0 Å². The smallest absolute Gasteiger partial charge is 0.222 e. The van der Waals surface area contributed by atoms with Gasteiger partial charge in [-0.1, -0.05) is 42.0 Å². The molecule has 2 heterocycles. The van der Waals surface area contributed by atoms with Crippen LogP contribution >= 0.6 is 0 Å². The Morgan fingerprint density at radius 3 is 2.80 bits per heavy atom. The molecule has 152 valence electrons. The molecule has 4 aromatic rings. The molecule has 1 amide bonds. The SMILES string of the molecule is Cc1ccc(CNC(=O)CCNc2c(-c3cccc(F)c3)nc3cnccn23)cc1. The van der Waals surface area contributed by atoms with Crippen LogP contribution in [0.15, 0.2) is 67.1 Å². The van der Waals surface area contributed by atoms with E-state index in [0.717, 1.165) is 5.56 Å². The molecule has 0 atom stereocenters. The predicted octanol–water partition coefficient (Wildman–Crippen LogP) is 3.96. The first-order valence-electron chi connectivity index (χ1n) is 9.74. The second-order valence-electron chi connectivity index (χ2n) is 7.06. The van der Waals surface area contributed by atoms with Gasteiger partial charge in [-0.15, -0.1) is 0 Å². The first kappa shape index (κ1) is 19.6. The molecule has 2 aromatic carbocycles. The number of benzene rings is 2. The van der Waals surface area contributed by atoms with Crippen molar-refractivity contribution < 1.29 is 9.18 Å². The Balaban J connectivity index is 1.44. The van der Waals surface area contributed by atoms with Crippen LogP contribution in [0.4, 0.5) is 10.2 Å². The first-order chi connectivity index (χ1) is 14.6. The summed E-state index contributed by atoms with van der Waals surface area (Å²) in [5, 5.41) is 6.21. The Morgan fingerprint density at radius 1 is 1.17 bits per heavy atom. The molecule has 7 heteroatoms. The third-order valence-corrected chi connectivity index (χ3v) is 4.78. The molecule has 6 nitrogen and oxygen atoms in total. The Bertz CT molecular complexity index is 1170. The van der Waals surface area contributed by atoms with E-state index in [4.69, 9.17) is 0 Å². The minimum atomic E-state index is -0.330. The second-order valence-corrected chi connectivity index (χ2v) is 7.06. The number of rotatable bonds is 7. The van der Waals surface area contributed by atoms with Gasteiger partial charge in [0.15, 0.2) is 5.65 Å². The zero-order valence-electron chi connectivity index (χ0n) is 16.6. The molecule has 0 spiro atoms. The van der Waals surface area contributed by atoms with E-state index >= 15 is 0 Å². The highest BCUT2D eigenvalue weighted by atomic mass is 19.1. The highest BCUT2D eigenvalue weighted by Crippen LogP contribution is 2.28. The Hall–Kier alpha value is -3.74. The fraction of sp³-hybridized carbons (Fsp3) is 0.174. The summed E-state index contributed by atoms with van der Waals surface area (Å²) in [4.78, 5) is 20.9. The van der Waals surface area contributed by atoms with Crippen LogP contribution in [0.2, 0.25) is 0 Å². The van der Waals surface area contributed by atoms with Crippen molar-refractivity contribution in [2.45, 2.75) is 19.9 Å². The topological polar surface area (TPSA) is 71.3 Å². The van der Waals surface area contributed by atoms with Crippen LogP contribution in [-0.2, 0) is 11.3 Å². The molecule has 4 rings (SSSR count). The quantitative estimate of drug-likeness (QED) is 0.490. The van der Waals surface area contributed by atoms with Gasteiger partial charge < -0.3 is 10.6 Å². The number of aryl methyl sites for hydroxylation is 1. The fourth-order valence-corrected chi connectivity index (χ4v) is 3.20. The molecule has 0 fully saturated rings. The number of anilines is 1. The Kier molecular flexibility index (Phi) is 5.70. The van der Waals surface area contributed by atoms with Crippen molar-refractivity contribution in [3.05, 3.63) is 84.1 Å². The van der Waals surface area contributed by atoms with Crippen molar-refractivity contribution in [2.75, 3.05) is 11.9 Å². The van der Waals surface area contributed by atoms with Gasteiger partial charge in [-0.2, -0.15) is 0 Å². The molecule has 0 unspecified atom stereocenters. The standard InChI is InChI=1S/C23H22FN5O/c1-16-5-7-17(8-6-16)14-27-21(30)9-10-26-23-22(18-3-2-4-19(24)13-18)28-20-15-25-11-12-29(20)23/h2-8,11-13,15,26H,9-10,14H2,1H3,(H,27,30). The van der Waals surface area contributed by atoms with Crippen LogP contribution in [-0.4, -0.2) is 26.8 Å². The van der Waals surface area contributed by atoms with E-state index < -0.39 is 0 Å². The summed E-state index contributed by atoms with van der Waals surface area (Å²) < 4.78 is 15.6. The number of amides is 1. The van der Waals surface area contributed by atoms with E-state index in [1.807, 2.05) is 35.6 Å². The molecule has 0 saturated heterocycles. The first-order valence-corrected chi connectivity index (χ1v) is 9.74. The lowest BCUT2D eigenvalue weighted by atomic mass is 10.1. The van der Waals surface area contributed by atoms with Crippen molar-refractivity contribution in [2.24, 2.45) is 0 Å². The van der Waals surface area contributed by atoms with E-state index in [9.17, 15) is 9.18 Å². The zero-order valence-corrected chi connectivity index (χ0v) is 16.6. The van der Waals surface area contributed by atoms with Crippen molar-refractivity contribution >= 4 is 17.4 Å². The molecule has 0 aliphatic rings. The van der Waals surface area contributed by atoms with Gasteiger partial charge in [0.1, 0.15) is 17.3 Å². The summed E-state index contributed by atoms with van der Waals surface area (Å²) in [6, 6.07) is 14.3. The maximum Gasteiger partial charge on any atom is 0.222 e. The van der Waals surface area contributed by atoms with Gasteiger partial charge in [-0.05, 0) is 24.6 Å². The molecule has 0 saturated carbocycles. The van der Waals surface area contributed by atoms with Crippen LogP contribution in [0.5, 0.6) is 0 Å². The number of nitrogens with zero attached hydrogens (tertiary/aromatic N) is 3. The van der Waals surface area contributed by atoms with Gasteiger partial charge in [-0.25, -0.2) is 9.37 Å². The highest BCUT2D eigenvalue weighted by molar-refractivity contribution is 5.78. The number of hydrogen-bond acceptors (Lipinski definition) is 4. The summed E-state index contributed by atoms with van der Waals surface area (Å²) >= 11 is 0. The van der Waals surface area contributed by atoms with Gasteiger partial charge in [-0.3, -0.25) is 14.2 Å². The van der Waals surface area contributed by atoms with Crippen LogP contribution < -0.4 is 10.6 Å². The number of halogens is 1. The van der Waals surface area contributed by atoms with E-state index in [0.29, 0.717) is 42.2 Å². The molecule has 2 N–H and O–H groups in total. The third kappa shape index (κ3) is 4.46. The van der Waals surface area contributed by atoms with Crippen LogP contribution in [0.3, 0.4) is 0 Å². The third-order valence-electron chi connectivity index (χ3n) is 4.78. The maximum atomic E-state index is 13.7. The lowest BCUT2D eigenvalue weighted by Gasteiger charge is -2.10. The van der Waals surface area contributed by atoms with E-state index in [-0.39, 0.29) is 11.7 Å². The van der Waals surface area contributed by atoms with Crippen molar-refractivity contribution in [3.8, 4) is 11.3 Å². The molecule has 0 aliphatic carbocycles. The lowest BCUT2D eigenvalue weighted by Crippen LogP contribution is -2.25. The molecule has 0 bridgehead atoms. The average Bonchev–Trinajstić information content (AvgIpc) is 3.12. The molecular formula is C23H22FN5O. The number of carbonyl (C=O) groups excluding carboxylic acids is 1. The van der Waals surface area contributed by atoms with Gasteiger partial charge in [0, 0.05) is 37.5 Å². The highest BCUT2D eigenvalue weighted by Gasteiger charge is 2.15. The Labute approximate surface area is 173 Å². The number of nitrogens with one attached hydrogen (secondary N) is 2. The number of hydrogen-bond donors (Lipinski definition) is 2. The average molecular weight is 403 g/mol. The lowest BCUT2D eigenvalue weighted by molar-refractivity contribution is -0.121. The minimum Gasteiger partial charge on any atom is -0.369 e. The van der Waals surface area contributed by atoms with Gasteiger partial charge in [0.05, 0.1) is 6.20 Å². The summed E-state index contributed by atoms with van der Waals surface area (Å²) in [7, 11) is 0. The molecular weight excluding hydrogens is 381 g/mol. The van der Waals surface area contributed by atoms with E-state index in [1.54, 1.807) is 30.7 Å². The molecule has 30 heavy (non-hydrogen) atoms. The number of imidazole rings is 1. The summed E-state index contributed by atoms with van der Waals surface area (Å²) in [6.07, 6.45) is 5.38. The van der Waals surface area contributed by atoms with Gasteiger partial charge >= 0.3 is 0 Å². The van der Waals surface area contributed by atoms with Crippen molar-refractivity contribution in [1.82, 2.24) is 19.7 Å². The van der Waals surface area contributed by atoms with Crippen molar-refractivity contribution in [3.63, 3.8) is 0 Å². The van der Waals surface area contributed by atoms with Gasteiger partial charge in [0.2, 0.25) is 5.91 Å². The summed E-state index contributed by atoms with van der Waals surface area (Å²) in [6.45, 7) is 2.94. The largest absolute Gasteiger partial charge is 0.369 e. The predicted molar refractivity (Wildman–Crippen MR) is 115 cm³/mol. The second kappa shape index (κ2) is 8.73. The van der Waals surface area contributed by atoms with E-state index in [2.05, 4.69) is 20.6 Å². The molecule has 0 radical (unpaired) electrons. The van der Waals surface area contributed by atoms with Crippen LogP contribution in [0, 0.1) is 12.7 Å². The van der Waals surface area contributed by atoms with Crippen LogP contribution in [0.25, 0.3) is 16.9 Å². The zero-order chi connectivity index (χ0) is 20.9.